The van der Waals surface area contributed by atoms with E-state index in [4.69, 9.17) is 4.74 Å². The number of hydrogen-bond donors (Lipinski definition) is 0. The van der Waals surface area contributed by atoms with E-state index in [2.05, 4.69) is 10.1 Å². The van der Waals surface area contributed by atoms with E-state index in [0.29, 0.717) is 12.4 Å². The Bertz CT molecular complexity index is 969. The highest BCUT2D eigenvalue weighted by Gasteiger charge is 2.39. The molecule has 1 aliphatic heterocycles. The van der Waals surface area contributed by atoms with Crippen LogP contribution in [0, 0.1) is 12.7 Å². The monoisotopic (exact) mass is 380 g/mol. The van der Waals surface area contributed by atoms with Crippen LogP contribution < -0.4 is 4.90 Å². The standard InChI is InChI=1S/C21H21FN4O2/c1-14-3-5-15(6-4-14)18-11-19(16-7-9-17(22)10-8-16)26-21(23-13-24-26)25(18)20(27)12-28-2/h3-10,13,18-19H,11-12H2,1-2H3. The fourth-order valence-electron chi connectivity index (χ4n) is 3.71. The minimum Gasteiger partial charge on any atom is -0.375 e. The number of carbonyl (C=O) groups excluding carboxylic acids is 1. The number of anilines is 1. The molecule has 2 unspecified atom stereocenters. The second kappa shape index (κ2) is 7.52. The van der Waals surface area contributed by atoms with Crippen molar-refractivity contribution < 1.29 is 13.9 Å². The normalized spacial score (nSPS) is 18.8. The Hall–Kier alpha value is -3.06. The molecule has 1 aromatic heterocycles. The van der Waals surface area contributed by atoms with Crippen LogP contribution >= 0.6 is 0 Å². The molecule has 2 aromatic carbocycles. The lowest BCUT2D eigenvalue weighted by Crippen LogP contribution is -2.44. The SMILES string of the molecule is COCC(=O)N1c2ncnn2C(c2ccc(F)cc2)CC1c1ccc(C)cc1. The van der Waals surface area contributed by atoms with E-state index in [-0.39, 0.29) is 30.4 Å². The second-order valence-electron chi connectivity index (χ2n) is 6.93. The highest BCUT2D eigenvalue weighted by atomic mass is 19.1. The summed E-state index contributed by atoms with van der Waals surface area (Å²) in [5.74, 6) is -0.00145. The van der Waals surface area contributed by atoms with Crippen molar-refractivity contribution in [2.75, 3.05) is 18.6 Å². The van der Waals surface area contributed by atoms with Gasteiger partial charge in [-0.2, -0.15) is 10.1 Å². The van der Waals surface area contributed by atoms with Crippen LogP contribution in [-0.2, 0) is 9.53 Å². The summed E-state index contributed by atoms with van der Waals surface area (Å²) in [5, 5.41) is 4.35. The molecule has 4 rings (SSSR count). The highest BCUT2D eigenvalue weighted by Crippen LogP contribution is 2.41. The van der Waals surface area contributed by atoms with E-state index >= 15 is 0 Å². The third kappa shape index (κ3) is 3.29. The van der Waals surface area contributed by atoms with Gasteiger partial charge in [0, 0.05) is 7.11 Å². The van der Waals surface area contributed by atoms with Gasteiger partial charge in [0.25, 0.3) is 5.91 Å². The van der Waals surface area contributed by atoms with Crippen molar-refractivity contribution >= 4 is 11.9 Å². The first-order valence-corrected chi connectivity index (χ1v) is 9.11. The average molecular weight is 380 g/mol. The van der Waals surface area contributed by atoms with Crippen LogP contribution in [0.5, 0.6) is 0 Å². The summed E-state index contributed by atoms with van der Waals surface area (Å²) in [6.45, 7) is 1.98. The summed E-state index contributed by atoms with van der Waals surface area (Å²) in [5.41, 5.74) is 3.08. The minimum atomic E-state index is -0.287. The van der Waals surface area contributed by atoms with Gasteiger partial charge in [-0.15, -0.1) is 0 Å². The zero-order valence-electron chi connectivity index (χ0n) is 15.7. The van der Waals surface area contributed by atoms with Gasteiger partial charge in [-0.3, -0.25) is 9.69 Å². The molecule has 2 atom stereocenters. The number of aryl methyl sites for hydroxylation is 1. The molecule has 28 heavy (non-hydrogen) atoms. The third-order valence-corrected chi connectivity index (χ3v) is 5.08. The lowest BCUT2D eigenvalue weighted by Gasteiger charge is -2.39. The van der Waals surface area contributed by atoms with Gasteiger partial charge in [-0.25, -0.2) is 9.07 Å². The molecule has 0 fully saturated rings. The summed E-state index contributed by atoms with van der Waals surface area (Å²) in [4.78, 5) is 18.9. The summed E-state index contributed by atoms with van der Waals surface area (Å²) < 4.78 is 20.2. The molecule has 0 radical (unpaired) electrons. The van der Waals surface area contributed by atoms with Crippen LogP contribution in [0.3, 0.4) is 0 Å². The van der Waals surface area contributed by atoms with Gasteiger partial charge in [0.05, 0.1) is 12.1 Å². The largest absolute Gasteiger partial charge is 0.375 e. The number of halogens is 1. The molecule has 0 N–H and O–H groups in total. The third-order valence-electron chi connectivity index (χ3n) is 5.08. The number of hydrogen-bond acceptors (Lipinski definition) is 4. The summed E-state index contributed by atoms with van der Waals surface area (Å²) >= 11 is 0. The van der Waals surface area contributed by atoms with Crippen molar-refractivity contribution in [1.82, 2.24) is 14.8 Å². The molecule has 0 saturated carbocycles. The quantitative estimate of drug-likeness (QED) is 0.696. The molecule has 3 aromatic rings. The predicted octanol–water partition coefficient (Wildman–Crippen LogP) is 3.44. The molecule has 1 amide bonds. The van der Waals surface area contributed by atoms with Crippen molar-refractivity contribution in [1.29, 1.82) is 0 Å². The van der Waals surface area contributed by atoms with Gasteiger partial charge in [0.2, 0.25) is 5.95 Å². The van der Waals surface area contributed by atoms with E-state index in [1.165, 1.54) is 25.6 Å². The lowest BCUT2D eigenvalue weighted by atomic mass is 9.91. The summed E-state index contributed by atoms with van der Waals surface area (Å²) in [6, 6.07) is 14.1. The molecule has 6 nitrogen and oxygen atoms in total. The Morgan fingerprint density at radius 3 is 2.43 bits per heavy atom. The molecule has 0 saturated heterocycles. The minimum absolute atomic E-state index is 0.0452. The van der Waals surface area contributed by atoms with Crippen molar-refractivity contribution in [2.45, 2.75) is 25.4 Å². The van der Waals surface area contributed by atoms with Crippen molar-refractivity contribution in [2.24, 2.45) is 0 Å². The Kier molecular flexibility index (Phi) is 4.92. The Balaban J connectivity index is 1.81. The number of fused-ring (bicyclic) bond motifs is 1. The smallest absolute Gasteiger partial charge is 0.255 e. The number of methoxy groups -OCH3 is 1. The number of aromatic nitrogens is 3. The number of benzene rings is 2. The van der Waals surface area contributed by atoms with Crippen molar-refractivity contribution in [3.63, 3.8) is 0 Å². The maximum absolute atomic E-state index is 13.4. The summed E-state index contributed by atoms with van der Waals surface area (Å²) in [7, 11) is 1.49. The van der Waals surface area contributed by atoms with Gasteiger partial charge in [0.15, 0.2) is 0 Å². The van der Waals surface area contributed by atoms with Gasteiger partial charge < -0.3 is 4.74 Å². The van der Waals surface area contributed by atoms with Crippen LogP contribution in [0.1, 0.15) is 35.2 Å². The molecule has 7 heteroatoms. The number of nitrogens with zero attached hydrogens (tertiary/aromatic N) is 4. The number of carbonyl (C=O) groups is 1. The molecule has 2 heterocycles. The predicted molar refractivity (Wildman–Crippen MR) is 102 cm³/mol. The zero-order chi connectivity index (χ0) is 19.7. The van der Waals surface area contributed by atoms with Crippen LogP contribution in [0.15, 0.2) is 54.9 Å². The molecule has 144 valence electrons. The second-order valence-corrected chi connectivity index (χ2v) is 6.93. The lowest BCUT2D eigenvalue weighted by molar-refractivity contribution is -0.123. The molecular weight excluding hydrogens is 359 g/mol. The van der Waals surface area contributed by atoms with Crippen LogP contribution in [-0.4, -0.2) is 34.4 Å². The maximum Gasteiger partial charge on any atom is 0.255 e. The zero-order valence-corrected chi connectivity index (χ0v) is 15.7. The Labute approximate surface area is 162 Å². The van der Waals surface area contributed by atoms with Crippen molar-refractivity contribution in [3.05, 3.63) is 77.4 Å². The number of rotatable bonds is 4. The van der Waals surface area contributed by atoms with E-state index in [1.54, 1.807) is 21.7 Å². The average Bonchev–Trinajstić information content (AvgIpc) is 3.18. The van der Waals surface area contributed by atoms with Gasteiger partial charge in [-0.05, 0) is 36.6 Å². The highest BCUT2D eigenvalue weighted by molar-refractivity contribution is 5.93. The van der Waals surface area contributed by atoms with E-state index in [9.17, 15) is 9.18 Å². The molecular formula is C21H21FN4O2. The Morgan fingerprint density at radius 1 is 1.11 bits per heavy atom. The fraction of sp³-hybridized carbons (Fsp3) is 0.286. The fourth-order valence-corrected chi connectivity index (χ4v) is 3.71. The van der Waals surface area contributed by atoms with Crippen LogP contribution in [0.25, 0.3) is 0 Å². The van der Waals surface area contributed by atoms with Gasteiger partial charge in [0.1, 0.15) is 18.8 Å². The first-order chi connectivity index (χ1) is 13.6. The van der Waals surface area contributed by atoms with Crippen LogP contribution in [0.4, 0.5) is 10.3 Å². The van der Waals surface area contributed by atoms with Gasteiger partial charge >= 0.3 is 0 Å². The van der Waals surface area contributed by atoms with Crippen LogP contribution in [0.2, 0.25) is 0 Å². The summed E-state index contributed by atoms with van der Waals surface area (Å²) in [6.07, 6.45) is 2.04. The molecule has 0 aliphatic carbocycles. The molecule has 1 aliphatic rings. The van der Waals surface area contributed by atoms with E-state index in [1.807, 2.05) is 31.2 Å². The molecule has 0 spiro atoms. The van der Waals surface area contributed by atoms with E-state index in [0.717, 1.165) is 16.7 Å². The number of amides is 1. The topological polar surface area (TPSA) is 60.2 Å². The van der Waals surface area contributed by atoms with E-state index < -0.39 is 0 Å². The first-order valence-electron chi connectivity index (χ1n) is 9.11. The number of ether oxygens (including phenoxy) is 1. The molecule has 0 bridgehead atoms. The van der Waals surface area contributed by atoms with Gasteiger partial charge in [-0.1, -0.05) is 42.0 Å². The maximum atomic E-state index is 13.4. The first kappa shape index (κ1) is 18.3. The Morgan fingerprint density at radius 2 is 1.75 bits per heavy atom. The van der Waals surface area contributed by atoms with Crippen molar-refractivity contribution in [3.8, 4) is 0 Å².